The first-order valence-electron chi connectivity index (χ1n) is 11.4. The Morgan fingerprint density at radius 2 is 1.97 bits per heavy atom. The molecule has 2 aliphatic rings. The fraction of sp³-hybridized carbons (Fsp3) is 0.800. The standard InChI is InChI=1S/C25H42O5/c1-18(12-17-25(27)19(2)11-9-14-23(25,4)5)10-8-15-24(6)16-13-21(29-30-24)20(3)22(26)28-7/h20-21,27H,1-2,8-17H2,3-7H3/t20-,21+,24-,25-/m0/s1. The summed E-state index contributed by atoms with van der Waals surface area (Å²) in [7, 11) is 1.39. The molecule has 1 aliphatic carbocycles. The second-order valence-electron chi connectivity index (χ2n) is 10.3. The molecule has 30 heavy (non-hydrogen) atoms. The van der Waals surface area contributed by atoms with Crippen LogP contribution in [0, 0.1) is 11.3 Å². The van der Waals surface area contributed by atoms with Crippen LogP contribution in [0.5, 0.6) is 0 Å². The molecule has 1 aliphatic heterocycles. The Hall–Kier alpha value is -1.17. The molecule has 0 radical (unpaired) electrons. The van der Waals surface area contributed by atoms with Crippen LogP contribution in [0.25, 0.3) is 0 Å². The average Bonchev–Trinajstić information content (AvgIpc) is 2.70. The minimum absolute atomic E-state index is 0.138. The predicted octanol–water partition coefficient (Wildman–Crippen LogP) is 5.67. The van der Waals surface area contributed by atoms with Crippen molar-refractivity contribution in [2.24, 2.45) is 11.3 Å². The van der Waals surface area contributed by atoms with Crippen LogP contribution in [0.2, 0.25) is 0 Å². The molecule has 0 bridgehead atoms. The first-order valence-corrected chi connectivity index (χ1v) is 11.4. The average molecular weight is 423 g/mol. The second-order valence-corrected chi connectivity index (χ2v) is 10.3. The summed E-state index contributed by atoms with van der Waals surface area (Å²) in [5.41, 5.74) is 0.857. The molecule has 1 saturated carbocycles. The maximum atomic E-state index is 11.7. The van der Waals surface area contributed by atoms with Gasteiger partial charge in [-0.15, -0.1) is 0 Å². The number of carbonyl (C=O) groups excluding carboxylic acids is 1. The van der Waals surface area contributed by atoms with Gasteiger partial charge < -0.3 is 9.84 Å². The second kappa shape index (κ2) is 9.97. The number of rotatable bonds is 9. The lowest BCUT2D eigenvalue weighted by Crippen LogP contribution is -2.48. The Labute approximate surface area is 182 Å². The van der Waals surface area contributed by atoms with Crippen LogP contribution in [0.15, 0.2) is 24.3 Å². The van der Waals surface area contributed by atoms with Gasteiger partial charge in [0.1, 0.15) is 11.7 Å². The lowest BCUT2D eigenvalue weighted by atomic mass is 9.61. The summed E-state index contributed by atoms with van der Waals surface area (Å²) in [5.74, 6) is -0.599. The molecule has 0 amide bonds. The SMILES string of the molecule is C=C(CCC[C@@]1(C)CC[C@H]([C@H](C)C(=O)OC)OO1)CC[C@]1(O)C(=C)CCCC1(C)C. The van der Waals surface area contributed by atoms with Crippen LogP contribution >= 0.6 is 0 Å². The summed E-state index contributed by atoms with van der Waals surface area (Å²) in [4.78, 5) is 22.9. The highest BCUT2D eigenvalue weighted by atomic mass is 17.2. The van der Waals surface area contributed by atoms with Gasteiger partial charge in [-0.1, -0.05) is 32.6 Å². The van der Waals surface area contributed by atoms with Gasteiger partial charge in [0.05, 0.1) is 18.6 Å². The Balaban J connectivity index is 1.74. The molecule has 2 rings (SSSR count). The Morgan fingerprint density at radius 3 is 2.53 bits per heavy atom. The number of methoxy groups -OCH3 is 1. The summed E-state index contributed by atoms with van der Waals surface area (Å²) < 4.78 is 4.79. The van der Waals surface area contributed by atoms with Gasteiger partial charge in [-0.3, -0.25) is 4.79 Å². The number of hydrogen-bond donors (Lipinski definition) is 1. The lowest BCUT2D eigenvalue weighted by Gasteiger charge is -2.48. The number of esters is 1. The molecule has 1 heterocycles. The summed E-state index contributed by atoms with van der Waals surface area (Å²) >= 11 is 0. The number of aliphatic hydroxyl groups is 1. The van der Waals surface area contributed by atoms with Crippen molar-refractivity contribution < 1.29 is 24.4 Å². The van der Waals surface area contributed by atoms with Crippen molar-refractivity contribution in [3.05, 3.63) is 24.3 Å². The van der Waals surface area contributed by atoms with E-state index in [9.17, 15) is 9.90 Å². The molecule has 0 spiro atoms. The van der Waals surface area contributed by atoms with Crippen molar-refractivity contribution in [3.63, 3.8) is 0 Å². The molecule has 0 aromatic heterocycles. The highest BCUT2D eigenvalue weighted by Crippen LogP contribution is 2.49. The summed E-state index contributed by atoms with van der Waals surface area (Å²) in [6.07, 6.45) is 8.65. The lowest BCUT2D eigenvalue weighted by molar-refractivity contribution is -0.411. The molecule has 0 aromatic rings. The first-order chi connectivity index (χ1) is 13.9. The van der Waals surface area contributed by atoms with Gasteiger partial charge in [-0.2, -0.15) is 0 Å². The van der Waals surface area contributed by atoms with Crippen molar-refractivity contribution >= 4 is 5.97 Å². The molecule has 5 nitrogen and oxygen atoms in total. The van der Waals surface area contributed by atoms with Gasteiger partial charge in [0.25, 0.3) is 0 Å². The van der Waals surface area contributed by atoms with Gasteiger partial charge in [0.2, 0.25) is 0 Å². The fourth-order valence-corrected chi connectivity index (χ4v) is 4.90. The highest BCUT2D eigenvalue weighted by Gasteiger charge is 2.47. The van der Waals surface area contributed by atoms with Crippen LogP contribution in [0.1, 0.15) is 91.9 Å². The topological polar surface area (TPSA) is 65.0 Å². The minimum Gasteiger partial charge on any atom is -0.469 e. The maximum absolute atomic E-state index is 11.7. The molecule has 0 aromatic carbocycles. The fourth-order valence-electron chi connectivity index (χ4n) is 4.90. The largest absolute Gasteiger partial charge is 0.469 e. The molecule has 5 heteroatoms. The molecule has 2 fully saturated rings. The quantitative estimate of drug-likeness (QED) is 0.295. The summed E-state index contributed by atoms with van der Waals surface area (Å²) in [6, 6.07) is 0. The predicted molar refractivity (Wildman–Crippen MR) is 119 cm³/mol. The van der Waals surface area contributed by atoms with E-state index in [1.54, 1.807) is 0 Å². The van der Waals surface area contributed by atoms with E-state index >= 15 is 0 Å². The van der Waals surface area contributed by atoms with E-state index in [-0.39, 0.29) is 29.0 Å². The van der Waals surface area contributed by atoms with E-state index in [1.807, 2.05) is 6.92 Å². The van der Waals surface area contributed by atoms with E-state index in [2.05, 4.69) is 33.9 Å². The van der Waals surface area contributed by atoms with Gasteiger partial charge in [-0.05, 0) is 89.0 Å². The molecule has 172 valence electrons. The van der Waals surface area contributed by atoms with Crippen LogP contribution in [0.4, 0.5) is 0 Å². The van der Waals surface area contributed by atoms with Gasteiger partial charge in [0.15, 0.2) is 0 Å². The van der Waals surface area contributed by atoms with Crippen molar-refractivity contribution in [2.75, 3.05) is 7.11 Å². The number of carbonyl (C=O) groups is 1. The monoisotopic (exact) mass is 422 g/mol. The van der Waals surface area contributed by atoms with Crippen LogP contribution < -0.4 is 0 Å². The third-order valence-electron chi connectivity index (χ3n) is 7.52. The van der Waals surface area contributed by atoms with E-state index in [0.29, 0.717) is 6.42 Å². The normalized spacial score (nSPS) is 32.5. The Kier molecular flexibility index (Phi) is 8.34. The minimum atomic E-state index is -0.800. The van der Waals surface area contributed by atoms with E-state index < -0.39 is 5.60 Å². The molecule has 1 saturated heterocycles. The first kappa shape index (κ1) is 25.1. The van der Waals surface area contributed by atoms with E-state index in [0.717, 1.165) is 68.9 Å². The number of hydrogen-bond acceptors (Lipinski definition) is 5. The summed E-state index contributed by atoms with van der Waals surface area (Å²) in [6.45, 7) is 16.6. The van der Waals surface area contributed by atoms with E-state index in [4.69, 9.17) is 14.5 Å². The maximum Gasteiger partial charge on any atom is 0.311 e. The van der Waals surface area contributed by atoms with Crippen LogP contribution in [-0.2, 0) is 19.3 Å². The smallest absolute Gasteiger partial charge is 0.311 e. The van der Waals surface area contributed by atoms with Crippen LogP contribution in [-0.4, -0.2) is 35.5 Å². The third kappa shape index (κ3) is 5.74. The molecular formula is C25H42O5. The molecular weight excluding hydrogens is 380 g/mol. The zero-order valence-electron chi connectivity index (χ0n) is 19.7. The van der Waals surface area contributed by atoms with Gasteiger partial charge >= 0.3 is 5.97 Å². The van der Waals surface area contributed by atoms with Crippen molar-refractivity contribution in [2.45, 2.75) is 109 Å². The zero-order valence-corrected chi connectivity index (χ0v) is 19.7. The van der Waals surface area contributed by atoms with Crippen molar-refractivity contribution in [3.8, 4) is 0 Å². The third-order valence-corrected chi connectivity index (χ3v) is 7.52. The summed E-state index contributed by atoms with van der Waals surface area (Å²) in [5, 5.41) is 11.3. The number of allylic oxidation sites excluding steroid dienone is 1. The van der Waals surface area contributed by atoms with Crippen LogP contribution in [0.3, 0.4) is 0 Å². The van der Waals surface area contributed by atoms with Gasteiger partial charge in [-0.25, -0.2) is 9.78 Å². The molecule has 0 unspecified atom stereocenters. The van der Waals surface area contributed by atoms with Gasteiger partial charge in [0, 0.05) is 0 Å². The van der Waals surface area contributed by atoms with Crippen molar-refractivity contribution in [1.29, 1.82) is 0 Å². The Morgan fingerprint density at radius 1 is 1.27 bits per heavy atom. The zero-order chi connectivity index (χ0) is 22.6. The molecule has 4 atom stereocenters. The Bertz CT molecular complexity index is 629. The van der Waals surface area contributed by atoms with E-state index in [1.165, 1.54) is 7.11 Å². The van der Waals surface area contributed by atoms with Crippen molar-refractivity contribution in [1.82, 2.24) is 0 Å². The highest BCUT2D eigenvalue weighted by molar-refractivity contribution is 5.72. The molecule has 1 N–H and O–H groups in total. The number of ether oxygens (including phenoxy) is 1.